The molecule has 42 heavy (non-hydrogen) atoms. The van der Waals surface area contributed by atoms with Gasteiger partial charge in [-0.15, -0.1) is 11.3 Å². The van der Waals surface area contributed by atoms with Crippen LogP contribution in [0, 0.1) is 17.8 Å². The number of hydrogen-bond acceptors (Lipinski definition) is 5. The molecule has 0 radical (unpaired) electrons. The van der Waals surface area contributed by atoms with Gasteiger partial charge < -0.3 is 10.1 Å². The van der Waals surface area contributed by atoms with Crippen molar-refractivity contribution in [3.8, 4) is 0 Å². The number of thiazole rings is 1. The maximum atomic E-state index is 13.6. The zero-order valence-corrected chi connectivity index (χ0v) is 26.0. The summed E-state index contributed by atoms with van der Waals surface area (Å²) in [4.78, 5) is 31.3. The predicted octanol–water partition coefficient (Wildman–Crippen LogP) is 8.97. The van der Waals surface area contributed by atoms with Crippen molar-refractivity contribution in [2.45, 2.75) is 103 Å². The van der Waals surface area contributed by atoms with E-state index in [9.17, 15) is 9.59 Å². The van der Waals surface area contributed by atoms with E-state index in [1.54, 1.807) is 11.7 Å². The van der Waals surface area contributed by atoms with Gasteiger partial charge in [-0.1, -0.05) is 93.3 Å². The van der Waals surface area contributed by atoms with Gasteiger partial charge in [-0.05, 0) is 74.3 Å². The van der Waals surface area contributed by atoms with Crippen LogP contribution in [-0.2, 0) is 29.0 Å². The monoisotopic (exact) mass is 588 g/mol. The highest BCUT2D eigenvalue weighted by molar-refractivity contribution is 7.09. The number of aromatic nitrogens is 1. The Labute approximate surface area is 256 Å². The zero-order valence-electron chi connectivity index (χ0n) is 25.2. The molecule has 0 bridgehead atoms. The molecular formula is C36H48N2O3S. The number of ketones is 1. The Morgan fingerprint density at radius 1 is 0.929 bits per heavy atom. The number of carbonyl (C=O) groups excluding carboxylic acids is 2. The number of amides is 1. The largest absolute Gasteiger partial charge is 0.444 e. The highest BCUT2D eigenvalue weighted by Crippen LogP contribution is 2.34. The Morgan fingerprint density at radius 2 is 1.62 bits per heavy atom. The van der Waals surface area contributed by atoms with E-state index in [1.807, 2.05) is 24.3 Å². The third-order valence-electron chi connectivity index (χ3n) is 8.77. The van der Waals surface area contributed by atoms with Crippen molar-refractivity contribution < 1.29 is 14.3 Å². The van der Waals surface area contributed by atoms with Gasteiger partial charge >= 0.3 is 6.09 Å². The Kier molecular flexibility index (Phi) is 13.6. The van der Waals surface area contributed by atoms with Gasteiger partial charge in [-0.25, -0.2) is 4.79 Å². The first kappa shape index (κ1) is 31.9. The highest BCUT2D eigenvalue weighted by atomic mass is 32.1. The molecular weight excluding hydrogens is 540 g/mol. The Hall–Kier alpha value is -2.99. The van der Waals surface area contributed by atoms with Gasteiger partial charge in [0.15, 0.2) is 0 Å². The molecule has 0 aliphatic heterocycles. The molecule has 3 aromatic rings. The fourth-order valence-electron chi connectivity index (χ4n) is 6.35. The lowest BCUT2D eigenvalue weighted by Gasteiger charge is -2.29. The maximum Gasteiger partial charge on any atom is 0.407 e. The molecule has 1 N–H and O–H groups in total. The van der Waals surface area contributed by atoms with Crippen molar-refractivity contribution in [1.29, 1.82) is 0 Å². The molecule has 4 rings (SSSR count). The third-order valence-corrected chi connectivity index (χ3v) is 9.53. The summed E-state index contributed by atoms with van der Waals surface area (Å²) < 4.78 is 5.51. The summed E-state index contributed by atoms with van der Waals surface area (Å²) in [5, 5.41) is 3.13. The second-order valence-corrected chi connectivity index (χ2v) is 13.1. The molecule has 1 heterocycles. The molecule has 0 spiro atoms. The summed E-state index contributed by atoms with van der Waals surface area (Å²) in [7, 11) is 0. The number of unbranched alkanes of at least 4 members (excludes halogenated alkanes) is 2. The van der Waals surface area contributed by atoms with Crippen LogP contribution in [0.5, 0.6) is 0 Å². The van der Waals surface area contributed by atoms with Crippen LogP contribution in [0.3, 0.4) is 0 Å². The van der Waals surface area contributed by atoms with Crippen LogP contribution in [0.1, 0.15) is 93.6 Å². The lowest BCUT2D eigenvalue weighted by molar-refractivity contribution is -0.125. The molecule has 2 atom stereocenters. The summed E-state index contributed by atoms with van der Waals surface area (Å²) in [5.74, 6) is 1.71. The summed E-state index contributed by atoms with van der Waals surface area (Å²) in [5.41, 5.74) is 4.19. The summed E-state index contributed by atoms with van der Waals surface area (Å²) >= 11 is 1.47. The number of carbonyl (C=O) groups is 2. The molecule has 1 fully saturated rings. The number of nitrogens with zero attached hydrogens (tertiary/aromatic N) is 1. The second-order valence-electron chi connectivity index (χ2n) is 12.1. The fourth-order valence-corrected chi connectivity index (χ4v) is 6.86. The van der Waals surface area contributed by atoms with Crippen LogP contribution < -0.4 is 5.32 Å². The molecule has 1 saturated carbocycles. The van der Waals surface area contributed by atoms with Crippen LogP contribution in [0.25, 0.3) is 0 Å². The van der Waals surface area contributed by atoms with Crippen LogP contribution in [0.15, 0.2) is 72.4 Å². The maximum absolute atomic E-state index is 13.6. The number of nitrogens with one attached hydrogen (secondary N) is 1. The van der Waals surface area contributed by atoms with Gasteiger partial charge in [0, 0.05) is 24.6 Å². The van der Waals surface area contributed by atoms with E-state index >= 15 is 0 Å². The van der Waals surface area contributed by atoms with Crippen LogP contribution in [0.4, 0.5) is 4.79 Å². The first-order chi connectivity index (χ1) is 20.6. The Bertz CT molecular complexity index is 1160. The van der Waals surface area contributed by atoms with Crippen molar-refractivity contribution in [2.75, 3.05) is 0 Å². The average molecular weight is 589 g/mol. The molecule has 226 valence electrons. The van der Waals surface area contributed by atoms with E-state index in [1.165, 1.54) is 61.0 Å². The van der Waals surface area contributed by atoms with Crippen molar-refractivity contribution in [3.05, 3.63) is 88.4 Å². The minimum absolute atomic E-state index is 0.0757. The topological polar surface area (TPSA) is 68.3 Å². The molecule has 0 unspecified atom stereocenters. The minimum atomic E-state index is -0.407. The fraction of sp³-hybridized carbons (Fsp3) is 0.528. The summed E-state index contributed by atoms with van der Waals surface area (Å²) in [6, 6.07) is 20.7. The van der Waals surface area contributed by atoms with Gasteiger partial charge in [0.1, 0.15) is 12.4 Å². The van der Waals surface area contributed by atoms with Crippen molar-refractivity contribution in [1.82, 2.24) is 10.3 Å². The van der Waals surface area contributed by atoms with Gasteiger partial charge in [-0.2, -0.15) is 0 Å². The second kappa shape index (κ2) is 17.8. The Balaban J connectivity index is 1.36. The van der Waals surface area contributed by atoms with Crippen molar-refractivity contribution in [2.24, 2.45) is 17.8 Å². The lowest BCUT2D eigenvalue weighted by atomic mass is 9.76. The summed E-state index contributed by atoms with van der Waals surface area (Å²) in [6.45, 7) is 2.48. The first-order valence-electron chi connectivity index (χ1n) is 16.0. The number of Topliss-reactive ketones (excluding diaryl/α,β-unsaturated/α-hetero) is 1. The zero-order chi connectivity index (χ0) is 29.4. The van der Waals surface area contributed by atoms with Crippen LogP contribution >= 0.6 is 11.3 Å². The van der Waals surface area contributed by atoms with Gasteiger partial charge in [0.25, 0.3) is 0 Å². The number of ether oxygens (including phenoxy) is 1. The SMILES string of the molecule is CCCCCC1CCC(C(=O)C[C@H](CC[C@H](Cc2ccccc2)NC(=O)OCc2cncs2)Cc2ccccc2)CC1. The highest BCUT2D eigenvalue weighted by Gasteiger charge is 2.28. The third kappa shape index (κ3) is 11.4. The van der Waals surface area contributed by atoms with Crippen molar-refractivity contribution >= 4 is 23.2 Å². The van der Waals surface area contributed by atoms with E-state index in [-0.39, 0.29) is 24.5 Å². The molecule has 1 aliphatic rings. The molecule has 6 heteroatoms. The lowest BCUT2D eigenvalue weighted by Crippen LogP contribution is -2.37. The van der Waals surface area contributed by atoms with Gasteiger partial charge in [0.05, 0.1) is 10.4 Å². The number of benzene rings is 2. The molecule has 1 amide bonds. The quantitative estimate of drug-likeness (QED) is 0.160. The number of rotatable bonds is 17. The van der Waals surface area contributed by atoms with Crippen LogP contribution in [0.2, 0.25) is 0 Å². The number of alkyl carbamates (subject to hydrolysis) is 1. The van der Waals surface area contributed by atoms with E-state index in [0.29, 0.717) is 12.2 Å². The van der Waals surface area contributed by atoms with E-state index < -0.39 is 6.09 Å². The average Bonchev–Trinajstić information content (AvgIpc) is 3.54. The Morgan fingerprint density at radius 3 is 2.26 bits per heavy atom. The smallest absolute Gasteiger partial charge is 0.407 e. The van der Waals surface area contributed by atoms with E-state index in [2.05, 4.69) is 53.6 Å². The van der Waals surface area contributed by atoms with Crippen LogP contribution in [-0.4, -0.2) is 22.9 Å². The molecule has 1 aromatic heterocycles. The molecule has 0 saturated heterocycles. The van der Waals surface area contributed by atoms with Gasteiger partial charge in [0.2, 0.25) is 0 Å². The van der Waals surface area contributed by atoms with E-state index in [4.69, 9.17) is 4.74 Å². The molecule has 5 nitrogen and oxygen atoms in total. The normalized spacial score (nSPS) is 18.2. The van der Waals surface area contributed by atoms with Gasteiger partial charge in [-0.3, -0.25) is 9.78 Å². The minimum Gasteiger partial charge on any atom is -0.444 e. The standard InChI is InChI=1S/C36H48N2O3S/c1-2-3-6-11-28-16-19-32(20-17-28)35(39)24-31(22-29-12-7-4-8-13-29)18-21-33(23-30-14-9-5-10-15-30)38-36(40)41-26-34-25-37-27-42-34/h4-5,7-10,12-15,25,27-28,31-33H,2-3,6,11,16-24,26H2,1H3,(H,38,40)/t28?,31-,32?,33-/m1/s1. The number of hydrogen-bond donors (Lipinski definition) is 1. The molecule has 1 aliphatic carbocycles. The summed E-state index contributed by atoms with van der Waals surface area (Å²) in [6.07, 6.45) is 15.0. The van der Waals surface area contributed by atoms with E-state index in [0.717, 1.165) is 49.3 Å². The molecule has 2 aromatic carbocycles. The first-order valence-corrected chi connectivity index (χ1v) is 16.9. The predicted molar refractivity (Wildman–Crippen MR) is 171 cm³/mol. The van der Waals surface area contributed by atoms with Crippen molar-refractivity contribution in [3.63, 3.8) is 0 Å².